The molecule has 1 heterocycles. The maximum absolute atomic E-state index is 13.5. The van der Waals surface area contributed by atoms with Gasteiger partial charge in [0.25, 0.3) is 0 Å². The topological polar surface area (TPSA) is 70.7 Å². The minimum atomic E-state index is -0.568. The molecule has 0 saturated carbocycles. The molecule has 40 heavy (non-hydrogen) atoms. The average molecular weight is 568 g/mol. The van der Waals surface area contributed by atoms with E-state index in [9.17, 15) is 9.59 Å². The minimum Gasteiger partial charge on any atom is -0.459 e. The summed E-state index contributed by atoms with van der Waals surface area (Å²) in [5.41, 5.74) is 4.48. The van der Waals surface area contributed by atoms with Crippen molar-refractivity contribution in [1.82, 2.24) is 15.5 Å². The molecule has 1 amide bonds. The molecule has 3 atom stereocenters. The summed E-state index contributed by atoms with van der Waals surface area (Å²) in [6, 6.07) is 13.9. The summed E-state index contributed by atoms with van der Waals surface area (Å²) in [5.74, 6) is -0.285. The number of benzene rings is 2. The van der Waals surface area contributed by atoms with Gasteiger partial charge in [-0.2, -0.15) is 0 Å². The summed E-state index contributed by atoms with van der Waals surface area (Å²) in [7, 11) is 0. The Labute approximate surface area is 245 Å². The first-order chi connectivity index (χ1) is 18.8. The van der Waals surface area contributed by atoms with Crippen molar-refractivity contribution in [2.45, 2.75) is 90.3 Å². The molecule has 4 rings (SSSR count). The normalized spacial score (nSPS) is 20.3. The van der Waals surface area contributed by atoms with Crippen LogP contribution >= 0.6 is 11.6 Å². The van der Waals surface area contributed by atoms with Gasteiger partial charge in [0.2, 0.25) is 5.91 Å². The molecule has 218 valence electrons. The average Bonchev–Trinajstić information content (AvgIpc) is 3.52. The molecule has 2 aromatic carbocycles. The molecule has 0 spiro atoms. The van der Waals surface area contributed by atoms with Gasteiger partial charge in [-0.05, 0) is 102 Å². The summed E-state index contributed by atoms with van der Waals surface area (Å²) in [5, 5.41) is 7.21. The lowest BCUT2D eigenvalue weighted by Crippen LogP contribution is -2.46. The van der Waals surface area contributed by atoms with Gasteiger partial charge in [0.05, 0.1) is 5.92 Å². The predicted molar refractivity (Wildman–Crippen MR) is 162 cm³/mol. The zero-order chi connectivity index (χ0) is 29.1. The lowest BCUT2D eigenvalue weighted by molar-refractivity contribution is -0.157. The van der Waals surface area contributed by atoms with Crippen molar-refractivity contribution in [2.24, 2.45) is 5.92 Å². The zero-order valence-corrected chi connectivity index (χ0v) is 25.7. The van der Waals surface area contributed by atoms with Crippen LogP contribution in [0.5, 0.6) is 0 Å². The van der Waals surface area contributed by atoms with Gasteiger partial charge in [0.1, 0.15) is 11.6 Å². The summed E-state index contributed by atoms with van der Waals surface area (Å²) in [4.78, 5) is 28.9. The Hall–Kier alpha value is -2.41. The number of carbonyl (C=O) groups is 2. The highest BCUT2D eigenvalue weighted by molar-refractivity contribution is 6.30. The third kappa shape index (κ3) is 8.08. The largest absolute Gasteiger partial charge is 0.459 e. The maximum atomic E-state index is 13.5. The van der Waals surface area contributed by atoms with E-state index in [1.807, 2.05) is 45.0 Å². The highest BCUT2D eigenvalue weighted by Crippen LogP contribution is 2.36. The zero-order valence-electron chi connectivity index (χ0n) is 25.0. The van der Waals surface area contributed by atoms with E-state index in [2.05, 4.69) is 54.5 Å². The number of rotatable bonds is 9. The number of nitrogens with zero attached hydrogens (tertiary/aromatic N) is 1. The third-order valence-corrected chi connectivity index (χ3v) is 8.26. The summed E-state index contributed by atoms with van der Waals surface area (Å²) in [6.07, 6.45) is 3.98. The first-order valence-corrected chi connectivity index (χ1v) is 15.0. The molecule has 0 radical (unpaired) electrons. The second kappa shape index (κ2) is 12.6. The third-order valence-electron chi connectivity index (χ3n) is 8.01. The molecule has 6 nitrogen and oxygen atoms in total. The van der Waals surface area contributed by atoms with Gasteiger partial charge >= 0.3 is 5.97 Å². The van der Waals surface area contributed by atoms with E-state index in [-0.39, 0.29) is 29.3 Å². The van der Waals surface area contributed by atoms with Crippen LogP contribution in [-0.4, -0.2) is 60.1 Å². The molecule has 2 unspecified atom stereocenters. The van der Waals surface area contributed by atoms with Crippen LogP contribution in [-0.2, 0) is 33.6 Å². The Kier molecular flexibility index (Phi) is 9.64. The molecule has 1 aliphatic carbocycles. The molecule has 1 fully saturated rings. The summed E-state index contributed by atoms with van der Waals surface area (Å²) < 4.78 is 5.74. The fourth-order valence-corrected chi connectivity index (χ4v) is 5.95. The monoisotopic (exact) mass is 567 g/mol. The van der Waals surface area contributed by atoms with Gasteiger partial charge < -0.3 is 15.4 Å². The Balaban J connectivity index is 1.38. The van der Waals surface area contributed by atoms with E-state index in [0.29, 0.717) is 31.1 Å². The molecule has 1 aliphatic heterocycles. The van der Waals surface area contributed by atoms with E-state index < -0.39 is 11.6 Å². The van der Waals surface area contributed by atoms with Gasteiger partial charge in [-0.25, -0.2) is 0 Å². The lowest BCUT2D eigenvalue weighted by atomic mass is 9.88. The van der Waals surface area contributed by atoms with Crippen molar-refractivity contribution in [2.75, 3.05) is 26.2 Å². The van der Waals surface area contributed by atoms with Crippen molar-refractivity contribution in [1.29, 1.82) is 0 Å². The van der Waals surface area contributed by atoms with Gasteiger partial charge in [0.15, 0.2) is 0 Å². The van der Waals surface area contributed by atoms with Crippen molar-refractivity contribution < 1.29 is 14.3 Å². The summed E-state index contributed by atoms with van der Waals surface area (Å²) in [6.45, 7) is 14.7. The molecule has 1 saturated heterocycles. The van der Waals surface area contributed by atoms with Crippen LogP contribution in [0.2, 0.25) is 5.02 Å². The Bertz CT molecular complexity index is 1180. The number of halogens is 1. The lowest BCUT2D eigenvalue weighted by Gasteiger charge is -2.31. The van der Waals surface area contributed by atoms with Crippen LogP contribution in [0.25, 0.3) is 0 Å². The number of amides is 1. The number of hydrogen-bond acceptors (Lipinski definition) is 5. The predicted octanol–water partition coefficient (Wildman–Crippen LogP) is 5.30. The molecule has 2 aliphatic rings. The van der Waals surface area contributed by atoms with Crippen LogP contribution in [0.4, 0.5) is 0 Å². The Morgan fingerprint density at radius 3 is 2.35 bits per heavy atom. The van der Waals surface area contributed by atoms with E-state index in [4.69, 9.17) is 16.3 Å². The van der Waals surface area contributed by atoms with Crippen molar-refractivity contribution in [3.63, 3.8) is 0 Å². The molecular formula is C33H46ClN3O3. The number of aryl methyl sites for hydroxylation is 2. The fraction of sp³-hybridized carbons (Fsp3) is 0.576. The number of hydrogen-bond donors (Lipinski definition) is 2. The first kappa shape index (κ1) is 30.5. The van der Waals surface area contributed by atoms with Crippen LogP contribution in [0.1, 0.15) is 76.1 Å². The number of likely N-dealkylation sites (tertiary alicyclic amines) is 1. The van der Waals surface area contributed by atoms with Crippen LogP contribution in [0.15, 0.2) is 42.5 Å². The number of esters is 1. The van der Waals surface area contributed by atoms with E-state index in [0.717, 1.165) is 30.5 Å². The molecule has 2 N–H and O–H groups in total. The Morgan fingerprint density at radius 1 is 0.975 bits per heavy atom. The molecule has 2 aromatic rings. The van der Waals surface area contributed by atoms with Crippen molar-refractivity contribution in [3.05, 3.63) is 69.7 Å². The van der Waals surface area contributed by atoms with Crippen molar-refractivity contribution >= 4 is 23.5 Å². The molecule has 7 heteroatoms. The van der Waals surface area contributed by atoms with Crippen molar-refractivity contribution in [3.8, 4) is 0 Å². The van der Waals surface area contributed by atoms with E-state index in [1.54, 1.807) is 0 Å². The van der Waals surface area contributed by atoms with Crippen LogP contribution < -0.4 is 10.6 Å². The van der Waals surface area contributed by atoms with Crippen LogP contribution in [0, 0.1) is 5.92 Å². The number of ether oxygens (including phenoxy) is 1. The minimum absolute atomic E-state index is 0.0283. The van der Waals surface area contributed by atoms with Crippen LogP contribution in [0.3, 0.4) is 0 Å². The van der Waals surface area contributed by atoms with Gasteiger partial charge in [-0.15, -0.1) is 0 Å². The van der Waals surface area contributed by atoms with E-state index in [1.165, 1.54) is 17.5 Å². The SMILES string of the molecule is CC(C)(C)OC(=O)[C@H](Cc1ccc2c(c1)CCC2)NCCNC(=O)C1CN(C(C)(C)C)CC1c1ccc(Cl)cc1. The smallest absolute Gasteiger partial charge is 0.323 e. The van der Waals surface area contributed by atoms with Gasteiger partial charge in [0, 0.05) is 42.7 Å². The Morgan fingerprint density at radius 2 is 1.68 bits per heavy atom. The highest BCUT2D eigenvalue weighted by atomic mass is 35.5. The van der Waals surface area contributed by atoms with E-state index >= 15 is 0 Å². The summed E-state index contributed by atoms with van der Waals surface area (Å²) >= 11 is 6.13. The van der Waals surface area contributed by atoms with Gasteiger partial charge in [-0.3, -0.25) is 14.5 Å². The standard InChI is InChI=1S/C33H46ClN3O3/c1-32(2,3)37-20-27(24-12-14-26(34)15-13-24)28(21-37)30(38)36-17-16-35-29(31(39)40-33(4,5)6)19-22-10-11-23-8-7-9-25(23)18-22/h10-15,18,27-29,35H,7-9,16-17,19-21H2,1-6H3,(H,36,38)/t27?,28?,29-/m0/s1. The molecular weight excluding hydrogens is 522 g/mol. The number of nitrogens with one attached hydrogen (secondary N) is 2. The molecule has 0 bridgehead atoms. The molecule has 0 aromatic heterocycles. The second-order valence-corrected chi connectivity index (χ2v) is 13.8. The van der Waals surface area contributed by atoms with Gasteiger partial charge in [-0.1, -0.05) is 41.9 Å². The quantitative estimate of drug-likeness (QED) is 0.318. The maximum Gasteiger partial charge on any atom is 0.323 e. The second-order valence-electron chi connectivity index (χ2n) is 13.3. The first-order valence-electron chi connectivity index (χ1n) is 14.7. The number of carbonyl (C=O) groups excluding carboxylic acids is 2. The highest BCUT2D eigenvalue weighted by Gasteiger charge is 2.41. The fourth-order valence-electron chi connectivity index (χ4n) is 5.83. The number of fused-ring (bicyclic) bond motifs is 1.